The van der Waals surface area contributed by atoms with E-state index in [9.17, 15) is 0 Å². The van der Waals surface area contributed by atoms with Gasteiger partial charge in [-0.05, 0) is 19.3 Å². The number of ether oxygens (including phenoxy) is 1. The van der Waals surface area contributed by atoms with Crippen LogP contribution in [0, 0.1) is 12.8 Å². The van der Waals surface area contributed by atoms with Crippen LogP contribution in [0.5, 0.6) is 0 Å². The van der Waals surface area contributed by atoms with Crippen LogP contribution in [-0.4, -0.2) is 37.7 Å². The van der Waals surface area contributed by atoms with Crippen LogP contribution in [0.3, 0.4) is 0 Å². The van der Waals surface area contributed by atoms with E-state index >= 15 is 0 Å². The number of hydrogen-bond donors (Lipinski definition) is 2. The molecule has 1 rings (SSSR count). The molecule has 0 atom stereocenters. The average Bonchev–Trinajstić information content (AvgIpc) is 2.82. The quantitative estimate of drug-likeness (QED) is 0.439. The van der Waals surface area contributed by atoms with Crippen molar-refractivity contribution in [1.82, 2.24) is 15.6 Å². The molecule has 0 radical (unpaired) electrons. The van der Waals surface area contributed by atoms with Gasteiger partial charge in [-0.3, -0.25) is 4.99 Å². The summed E-state index contributed by atoms with van der Waals surface area (Å²) in [7, 11) is 1.78. The average molecular weight is 298 g/mol. The van der Waals surface area contributed by atoms with Gasteiger partial charge in [0.25, 0.3) is 0 Å². The number of hydrogen-bond acceptors (Lipinski definition) is 4. The molecule has 0 fully saturated rings. The van der Waals surface area contributed by atoms with E-state index in [2.05, 4.69) is 34.5 Å². The molecule has 0 saturated carbocycles. The fraction of sp³-hybridized carbons (Fsp3) is 0.714. The molecule has 0 saturated heterocycles. The lowest BCUT2D eigenvalue weighted by Gasteiger charge is -2.11. The molecular formula is C14H26N4OS. The molecule has 0 spiro atoms. The fourth-order valence-electron chi connectivity index (χ4n) is 1.58. The van der Waals surface area contributed by atoms with E-state index in [1.165, 1.54) is 4.88 Å². The standard InChI is InChI=1S/C14H26N4OS/c1-11(2)10-19-7-5-6-16-14(15-4)18-9-13-8-17-12(3)20-13/h8,11H,5-7,9-10H2,1-4H3,(H2,15,16,18). The third-order valence-electron chi connectivity index (χ3n) is 2.53. The highest BCUT2D eigenvalue weighted by molar-refractivity contribution is 7.11. The first-order valence-electron chi connectivity index (χ1n) is 7.05. The maximum Gasteiger partial charge on any atom is 0.191 e. The van der Waals surface area contributed by atoms with Gasteiger partial charge in [0.1, 0.15) is 0 Å². The van der Waals surface area contributed by atoms with Gasteiger partial charge in [-0.2, -0.15) is 0 Å². The molecular weight excluding hydrogens is 272 g/mol. The molecule has 0 bridgehead atoms. The summed E-state index contributed by atoms with van der Waals surface area (Å²) in [4.78, 5) is 9.64. The predicted molar refractivity (Wildman–Crippen MR) is 85.3 cm³/mol. The van der Waals surface area contributed by atoms with Gasteiger partial charge in [0.15, 0.2) is 5.96 Å². The maximum atomic E-state index is 5.54. The van der Waals surface area contributed by atoms with E-state index in [1.54, 1.807) is 18.4 Å². The summed E-state index contributed by atoms with van der Waals surface area (Å²) in [6, 6.07) is 0. The lowest BCUT2D eigenvalue weighted by Crippen LogP contribution is -2.37. The van der Waals surface area contributed by atoms with Crippen molar-refractivity contribution in [2.24, 2.45) is 10.9 Å². The first-order chi connectivity index (χ1) is 9.61. The number of thiazole rings is 1. The zero-order valence-electron chi connectivity index (χ0n) is 12.9. The number of aryl methyl sites for hydroxylation is 1. The highest BCUT2D eigenvalue weighted by atomic mass is 32.1. The number of aromatic nitrogens is 1. The van der Waals surface area contributed by atoms with Crippen molar-refractivity contribution in [1.29, 1.82) is 0 Å². The maximum absolute atomic E-state index is 5.54. The molecule has 0 aliphatic rings. The molecule has 20 heavy (non-hydrogen) atoms. The monoisotopic (exact) mass is 298 g/mol. The van der Waals surface area contributed by atoms with Gasteiger partial charge in [-0.1, -0.05) is 13.8 Å². The van der Waals surface area contributed by atoms with Crippen LogP contribution < -0.4 is 10.6 Å². The largest absolute Gasteiger partial charge is 0.381 e. The molecule has 6 heteroatoms. The Kier molecular flexibility index (Phi) is 8.22. The molecule has 0 aliphatic carbocycles. The Hall–Kier alpha value is -1.14. The van der Waals surface area contributed by atoms with Gasteiger partial charge in [0.05, 0.1) is 11.6 Å². The molecule has 1 aromatic rings. The van der Waals surface area contributed by atoms with Gasteiger partial charge >= 0.3 is 0 Å². The lowest BCUT2D eigenvalue weighted by molar-refractivity contribution is 0.108. The number of nitrogens with one attached hydrogen (secondary N) is 2. The van der Waals surface area contributed by atoms with Crippen LogP contribution in [0.4, 0.5) is 0 Å². The van der Waals surface area contributed by atoms with Crippen LogP contribution in [0.2, 0.25) is 0 Å². The summed E-state index contributed by atoms with van der Waals surface area (Å²) in [5.41, 5.74) is 0. The third-order valence-corrected chi connectivity index (χ3v) is 3.44. The summed E-state index contributed by atoms with van der Waals surface area (Å²) >= 11 is 1.70. The number of guanidine groups is 1. The van der Waals surface area contributed by atoms with E-state index in [-0.39, 0.29) is 0 Å². The minimum atomic E-state index is 0.597. The van der Waals surface area contributed by atoms with Gasteiger partial charge in [0, 0.05) is 37.9 Å². The minimum absolute atomic E-state index is 0.597. The van der Waals surface area contributed by atoms with Crippen LogP contribution in [0.15, 0.2) is 11.2 Å². The van der Waals surface area contributed by atoms with Crippen molar-refractivity contribution in [2.75, 3.05) is 26.8 Å². The second-order valence-electron chi connectivity index (χ2n) is 5.02. The highest BCUT2D eigenvalue weighted by Gasteiger charge is 2.01. The number of nitrogens with zero attached hydrogens (tertiary/aromatic N) is 2. The zero-order chi connectivity index (χ0) is 14.8. The lowest BCUT2D eigenvalue weighted by atomic mass is 10.2. The third kappa shape index (κ3) is 7.45. The van der Waals surface area contributed by atoms with Crippen molar-refractivity contribution in [3.05, 3.63) is 16.1 Å². The zero-order valence-corrected chi connectivity index (χ0v) is 13.7. The molecule has 114 valence electrons. The molecule has 1 aromatic heterocycles. The molecule has 5 nitrogen and oxygen atoms in total. The van der Waals surface area contributed by atoms with Crippen LogP contribution in [-0.2, 0) is 11.3 Å². The second-order valence-corrected chi connectivity index (χ2v) is 6.34. The molecule has 2 N–H and O–H groups in total. The van der Waals surface area contributed by atoms with Crippen molar-refractivity contribution < 1.29 is 4.74 Å². The number of rotatable bonds is 8. The molecule has 1 heterocycles. The van der Waals surface area contributed by atoms with Gasteiger partial charge in [-0.25, -0.2) is 4.98 Å². The first-order valence-corrected chi connectivity index (χ1v) is 7.87. The topological polar surface area (TPSA) is 58.5 Å². The highest BCUT2D eigenvalue weighted by Crippen LogP contribution is 2.10. The van der Waals surface area contributed by atoms with Crippen molar-refractivity contribution in [3.63, 3.8) is 0 Å². The molecule has 0 aromatic carbocycles. The number of aliphatic imine (C=N–C) groups is 1. The smallest absolute Gasteiger partial charge is 0.191 e. The van der Waals surface area contributed by atoms with E-state index < -0.39 is 0 Å². The normalized spacial score (nSPS) is 11.9. The summed E-state index contributed by atoms with van der Waals surface area (Å²) < 4.78 is 5.54. The van der Waals surface area contributed by atoms with Gasteiger partial charge in [0.2, 0.25) is 0 Å². The fourth-order valence-corrected chi connectivity index (χ4v) is 2.31. The Balaban J connectivity index is 2.11. The van der Waals surface area contributed by atoms with E-state index in [1.807, 2.05) is 13.1 Å². The van der Waals surface area contributed by atoms with Crippen molar-refractivity contribution in [3.8, 4) is 0 Å². The SMILES string of the molecule is CN=C(NCCCOCC(C)C)NCc1cnc(C)s1. The van der Waals surface area contributed by atoms with Gasteiger partial charge in [-0.15, -0.1) is 11.3 Å². The van der Waals surface area contributed by atoms with Crippen molar-refractivity contribution >= 4 is 17.3 Å². The summed E-state index contributed by atoms with van der Waals surface area (Å²) in [5, 5.41) is 7.64. The summed E-state index contributed by atoms with van der Waals surface area (Å²) in [6.07, 6.45) is 2.88. The van der Waals surface area contributed by atoms with Gasteiger partial charge < -0.3 is 15.4 Å². The Morgan fingerprint density at radius 1 is 1.45 bits per heavy atom. The summed E-state index contributed by atoms with van der Waals surface area (Å²) in [6.45, 7) is 9.57. The van der Waals surface area contributed by atoms with Crippen LogP contribution in [0.1, 0.15) is 30.2 Å². The van der Waals surface area contributed by atoms with E-state index in [0.717, 1.165) is 43.7 Å². The Morgan fingerprint density at radius 2 is 2.25 bits per heavy atom. The second kappa shape index (κ2) is 9.72. The molecule has 0 unspecified atom stereocenters. The molecule has 0 amide bonds. The predicted octanol–water partition coefficient (Wildman–Crippen LogP) is 2.18. The van der Waals surface area contributed by atoms with Crippen LogP contribution >= 0.6 is 11.3 Å². The van der Waals surface area contributed by atoms with Crippen LogP contribution in [0.25, 0.3) is 0 Å². The Bertz CT molecular complexity index is 404. The van der Waals surface area contributed by atoms with Crippen molar-refractivity contribution in [2.45, 2.75) is 33.7 Å². The molecule has 0 aliphatic heterocycles. The minimum Gasteiger partial charge on any atom is -0.381 e. The first kappa shape index (κ1) is 16.9. The Morgan fingerprint density at radius 3 is 2.85 bits per heavy atom. The van der Waals surface area contributed by atoms with E-state index in [4.69, 9.17) is 4.74 Å². The van der Waals surface area contributed by atoms with E-state index in [0.29, 0.717) is 5.92 Å². The summed E-state index contributed by atoms with van der Waals surface area (Å²) in [5.74, 6) is 1.42. The Labute approximate surface area is 125 Å².